The molecular formula is C24H32Cl2F2N3O7PSi. The lowest BCUT2D eigenvalue weighted by atomic mass is 10.1. The van der Waals surface area contributed by atoms with Crippen LogP contribution in [0.2, 0.25) is 28.2 Å². The van der Waals surface area contributed by atoms with E-state index in [0.717, 1.165) is 6.20 Å². The molecule has 0 amide bonds. The van der Waals surface area contributed by atoms with E-state index in [1.165, 1.54) is 6.07 Å². The summed E-state index contributed by atoms with van der Waals surface area (Å²) in [5.41, 5.74) is 4.99. The van der Waals surface area contributed by atoms with Crippen LogP contribution in [0.5, 0.6) is 0 Å². The van der Waals surface area contributed by atoms with Gasteiger partial charge in [-0.25, -0.2) is 9.36 Å². The number of benzene rings is 1. The SMILES string of the molecule is CC(C)(C)[Si](C)(C)O[C@@H]1[C@@H](CO[P@]2(=O)OCC[C@H](c3cc(Cl)ccc3Cl)O2)O[C@@H](n2ccc(N)nc2=O)C1(F)F. The summed E-state index contributed by atoms with van der Waals surface area (Å²) in [6, 6.07) is 5.96. The second-order valence-electron chi connectivity index (χ2n) is 11.2. The Hall–Kier alpha value is -1.41. The summed E-state index contributed by atoms with van der Waals surface area (Å²) in [6.45, 7) is 8.65. The van der Waals surface area contributed by atoms with Crippen LogP contribution < -0.4 is 11.4 Å². The van der Waals surface area contributed by atoms with Gasteiger partial charge < -0.3 is 14.9 Å². The van der Waals surface area contributed by atoms with Gasteiger partial charge in [-0.2, -0.15) is 13.8 Å². The van der Waals surface area contributed by atoms with Crippen LogP contribution in [0.1, 0.15) is 45.1 Å². The first-order chi connectivity index (χ1) is 18.4. The minimum Gasteiger partial charge on any atom is -0.405 e. The molecule has 4 rings (SSSR count). The number of nitrogen functional groups attached to an aromatic ring is 1. The average Bonchev–Trinajstić information content (AvgIpc) is 3.08. The summed E-state index contributed by atoms with van der Waals surface area (Å²) >= 11 is 12.4. The molecule has 2 aromatic rings. The zero-order chi connectivity index (χ0) is 29.7. The van der Waals surface area contributed by atoms with Crippen LogP contribution in [0.15, 0.2) is 35.3 Å². The summed E-state index contributed by atoms with van der Waals surface area (Å²) in [5, 5.41) is 0.309. The minimum absolute atomic E-state index is 0.00844. The van der Waals surface area contributed by atoms with Gasteiger partial charge >= 0.3 is 19.4 Å². The van der Waals surface area contributed by atoms with Crippen LogP contribution in [-0.2, 0) is 27.3 Å². The Balaban J connectivity index is 1.60. The quantitative estimate of drug-likeness (QED) is 0.272. The fourth-order valence-electron chi connectivity index (χ4n) is 4.06. The summed E-state index contributed by atoms with van der Waals surface area (Å²) in [5.74, 6) is -3.83. The van der Waals surface area contributed by atoms with Gasteiger partial charge in [0.25, 0.3) is 0 Å². The number of nitrogens with zero attached hydrogens (tertiary/aromatic N) is 2. The van der Waals surface area contributed by atoms with Crippen LogP contribution >= 0.6 is 31.0 Å². The predicted molar refractivity (Wildman–Crippen MR) is 148 cm³/mol. The molecule has 0 bridgehead atoms. The number of ether oxygens (including phenoxy) is 1. The van der Waals surface area contributed by atoms with E-state index in [1.54, 1.807) is 31.3 Å². The fourth-order valence-corrected chi connectivity index (χ4v) is 7.17. The van der Waals surface area contributed by atoms with E-state index in [0.29, 0.717) is 26.6 Å². The number of hydrogen-bond donors (Lipinski definition) is 1. The van der Waals surface area contributed by atoms with Gasteiger partial charge in [0.1, 0.15) is 18.0 Å². The Morgan fingerprint density at radius 2 is 1.98 bits per heavy atom. The van der Waals surface area contributed by atoms with Gasteiger partial charge in [0.2, 0.25) is 6.23 Å². The lowest BCUT2D eigenvalue weighted by Gasteiger charge is -2.40. The van der Waals surface area contributed by atoms with Crippen molar-refractivity contribution in [3.8, 4) is 0 Å². The molecule has 1 aromatic carbocycles. The first-order valence-electron chi connectivity index (χ1n) is 12.5. The Kier molecular flexibility index (Phi) is 8.94. The number of anilines is 1. The maximum atomic E-state index is 16.0. The van der Waals surface area contributed by atoms with E-state index in [1.807, 2.05) is 20.8 Å². The molecule has 10 nitrogen and oxygen atoms in total. The number of phosphoric ester groups is 1. The first-order valence-corrected chi connectivity index (χ1v) is 17.6. The van der Waals surface area contributed by atoms with E-state index in [4.69, 9.17) is 51.7 Å². The van der Waals surface area contributed by atoms with Crippen LogP contribution in [0, 0.1) is 0 Å². The Bertz CT molecular complexity index is 1360. The van der Waals surface area contributed by atoms with Crippen molar-refractivity contribution in [3.63, 3.8) is 0 Å². The smallest absolute Gasteiger partial charge is 0.405 e. The number of alkyl halides is 2. The molecule has 40 heavy (non-hydrogen) atoms. The van der Waals surface area contributed by atoms with Crippen LogP contribution in [0.25, 0.3) is 0 Å². The molecule has 16 heteroatoms. The van der Waals surface area contributed by atoms with E-state index in [2.05, 4.69) is 4.98 Å². The molecule has 2 aliphatic heterocycles. The van der Waals surface area contributed by atoms with Gasteiger partial charge in [-0.05, 0) is 42.4 Å². The Morgan fingerprint density at radius 1 is 1.27 bits per heavy atom. The van der Waals surface area contributed by atoms with Crippen molar-refractivity contribution in [2.45, 2.75) is 75.8 Å². The summed E-state index contributed by atoms with van der Waals surface area (Å²) in [4.78, 5) is 16.0. The standard InChI is InChI=1S/C24H32Cl2F2N3O7PSi/c1-23(2,3)40(4,5)38-20-18(36-21(24(20,27)28)31-10-8-19(29)30-22(31)32)13-35-39(33)34-11-9-17(37-39)15-12-14(25)6-7-16(15)26/h6-8,10,12,17-18,20-21H,9,11,13H2,1-5H3,(H2,29,30,32)/t17-,18-,20-,21-,39+/m1/s1. The van der Waals surface area contributed by atoms with Gasteiger partial charge in [-0.1, -0.05) is 44.0 Å². The van der Waals surface area contributed by atoms with Crippen molar-refractivity contribution in [2.75, 3.05) is 18.9 Å². The minimum atomic E-state index is -4.25. The summed E-state index contributed by atoms with van der Waals surface area (Å²) in [6.07, 6.45) is -4.78. The van der Waals surface area contributed by atoms with Crippen molar-refractivity contribution in [1.82, 2.24) is 9.55 Å². The van der Waals surface area contributed by atoms with Crippen molar-refractivity contribution < 1.29 is 36.1 Å². The van der Waals surface area contributed by atoms with Gasteiger partial charge in [-0.15, -0.1) is 0 Å². The molecule has 2 N–H and O–H groups in total. The Labute approximate surface area is 241 Å². The molecule has 2 aliphatic rings. The monoisotopic (exact) mass is 641 g/mol. The maximum absolute atomic E-state index is 16.0. The highest BCUT2D eigenvalue weighted by Gasteiger charge is 2.63. The predicted octanol–water partition coefficient (Wildman–Crippen LogP) is 6.36. The third-order valence-electron chi connectivity index (χ3n) is 7.27. The molecule has 0 unspecified atom stereocenters. The number of phosphoric acid groups is 1. The molecule has 0 spiro atoms. The number of nitrogens with two attached hydrogens (primary N) is 1. The molecule has 2 fully saturated rings. The van der Waals surface area contributed by atoms with Crippen LogP contribution in [0.4, 0.5) is 14.6 Å². The molecule has 0 aliphatic carbocycles. The number of hydrogen-bond acceptors (Lipinski definition) is 9. The number of aromatic nitrogens is 2. The topological polar surface area (TPSA) is 124 Å². The van der Waals surface area contributed by atoms with E-state index < -0.39 is 63.9 Å². The van der Waals surface area contributed by atoms with Gasteiger partial charge in [0.05, 0.1) is 19.3 Å². The highest BCUT2D eigenvalue weighted by atomic mass is 35.5. The third-order valence-corrected chi connectivity index (χ3v) is 13.8. The largest absolute Gasteiger partial charge is 0.475 e. The van der Waals surface area contributed by atoms with Crippen molar-refractivity contribution >= 4 is 45.2 Å². The summed E-state index contributed by atoms with van der Waals surface area (Å²) < 4.78 is 74.3. The molecular weight excluding hydrogens is 610 g/mol. The highest BCUT2D eigenvalue weighted by molar-refractivity contribution is 7.48. The van der Waals surface area contributed by atoms with Crippen molar-refractivity contribution in [2.24, 2.45) is 0 Å². The normalized spacial score (nSPS) is 29.0. The number of rotatable bonds is 7. The molecule has 2 saturated heterocycles. The second kappa shape index (κ2) is 11.3. The van der Waals surface area contributed by atoms with E-state index >= 15 is 8.78 Å². The lowest BCUT2D eigenvalue weighted by Crippen LogP contribution is -2.52. The van der Waals surface area contributed by atoms with Gasteiger partial charge in [0.15, 0.2) is 8.32 Å². The molecule has 222 valence electrons. The summed E-state index contributed by atoms with van der Waals surface area (Å²) in [7, 11) is -7.06. The zero-order valence-electron chi connectivity index (χ0n) is 22.6. The average molecular weight is 642 g/mol. The molecule has 0 saturated carbocycles. The second-order valence-corrected chi connectivity index (χ2v) is 18.4. The van der Waals surface area contributed by atoms with Crippen LogP contribution in [-0.4, -0.2) is 49.2 Å². The molecule has 1 aromatic heterocycles. The van der Waals surface area contributed by atoms with E-state index in [-0.39, 0.29) is 12.4 Å². The van der Waals surface area contributed by atoms with Gasteiger partial charge in [0, 0.05) is 28.2 Å². The van der Waals surface area contributed by atoms with Gasteiger partial charge in [-0.3, -0.25) is 18.1 Å². The molecule has 3 heterocycles. The fraction of sp³-hybridized carbons (Fsp3) is 0.583. The Morgan fingerprint density at radius 3 is 2.62 bits per heavy atom. The lowest BCUT2D eigenvalue weighted by molar-refractivity contribution is -0.138. The van der Waals surface area contributed by atoms with Crippen molar-refractivity contribution in [3.05, 3.63) is 56.6 Å². The number of halogens is 4. The first kappa shape index (κ1) is 31.5. The van der Waals surface area contributed by atoms with E-state index in [9.17, 15) is 9.36 Å². The van der Waals surface area contributed by atoms with Crippen molar-refractivity contribution in [1.29, 1.82) is 0 Å². The highest BCUT2D eigenvalue weighted by Crippen LogP contribution is 2.58. The zero-order valence-corrected chi connectivity index (χ0v) is 26.0. The third kappa shape index (κ3) is 6.48. The maximum Gasteiger partial charge on any atom is 0.475 e. The van der Waals surface area contributed by atoms with Crippen LogP contribution in [0.3, 0.4) is 0 Å². The molecule has 0 radical (unpaired) electrons. The molecule has 5 atom stereocenters.